The molecule has 12 heteroatoms. The molecule has 23 heavy (non-hydrogen) atoms. The van der Waals surface area contributed by atoms with Crippen LogP contribution in [0.25, 0.3) is 0 Å². The molecule has 0 spiro atoms. The van der Waals surface area contributed by atoms with E-state index in [-0.39, 0.29) is 11.5 Å². The number of alkyl halides is 3. The molecule has 0 bridgehead atoms. The maximum Gasteiger partial charge on any atom is 0.408 e. The summed E-state index contributed by atoms with van der Waals surface area (Å²) in [6.45, 7) is -1.32. The number of halogens is 3. The molecule has 1 atom stereocenters. The molecule has 2 aromatic rings. The molecule has 124 valence electrons. The van der Waals surface area contributed by atoms with Crippen LogP contribution in [0, 0.1) is 16.0 Å². The van der Waals surface area contributed by atoms with Crippen LogP contribution in [0.5, 0.6) is 0 Å². The molecule has 9 nitrogen and oxygen atoms in total. The number of nitro groups is 1. The Balaban J connectivity index is 1.92. The molecular formula is C11H12F3N7O2. The van der Waals surface area contributed by atoms with E-state index >= 15 is 0 Å². The first kappa shape index (κ1) is 15.4. The lowest BCUT2D eigenvalue weighted by atomic mass is 10.1. The first-order valence-corrected chi connectivity index (χ1v) is 6.85. The lowest BCUT2D eigenvalue weighted by Gasteiger charge is -2.17. The Morgan fingerprint density at radius 1 is 1.43 bits per heavy atom. The number of rotatable bonds is 6. The number of hydrogen-bond donors (Lipinski definition) is 0. The van der Waals surface area contributed by atoms with Crippen LogP contribution in [0.4, 0.5) is 18.9 Å². The molecule has 3 rings (SSSR count). The van der Waals surface area contributed by atoms with E-state index in [2.05, 4.69) is 20.6 Å². The zero-order valence-electron chi connectivity index (χ0n) is 11.7. The van der Waals surface area contributed by atoms with Crippen LogP contribution in [-0.2, 0) is 6.54 Å². The van der Waals surface area contributed by atoms with Crippen molar-refractivity contribution in [3.05, 3.63) is 28.3 Å². The van der Waals surface area contributed by atoms with Crippen molar-refractivity contribution in [1.82, 2.24) is 30.0 Å². The second-order valence-corrected chi connectivity index (χ2v) is 5.44. The van der Waals surface area contributed by atoms with E-state index in [1.807, 2.05) is 0 Å². The van der Waals surface area contributed by atoms with Crippen LogP contribution in [0.1, 0.15) is 31.1 Å². The van der Waals surface area contributed by atoms with E-state index in [9.17, 15) is 23.3 Å². The first-order valence-electron chi connectivity index (χ1n) is 6.85. The van der Waals surface area contributed by atoms with E-state index in [0.29, 0.717) is 17.0 Å². The fourth-order valence-corrected chi connectivity index (χ4v) is 2.33. The third kappa shape index (κ3) is 3.63. The summed E-state index contributed by atoms with van der Waals surface area (Å²) in [6.07, 6.45) is 0.167. The Morgan fingerprint density at radius 3 is 2.74 bits per heavy atom. The number of aromatic nitrogens is 6. The largest absolute Gasteiger partial charge is 0.408 e. The Kier molecular flexibility index (Phi) is 3.74. The van der Waals surface area contributed by atoms with Gasteiger partial charge in [-0.05, 0) is 22.8 Å². The highest BCUT2D eigenvalue weighted by Crippen LogP contribution is 2.39. The van der Waals surface area contributed by atoms with Crippen LogP contribution < -0.4 is 0 Å². The molecule has 1 unspecified atom stereocenters. The van der Waals surface area contributed by atoms with Crippen molar-refractivity contribution in [3.63, 3.8) is 0 Å². The predicted octanol–water partition coefficient (Wildman–Crippen LogP) is 1.73. The third-order valence-corrected chi connectivity index (χ3v) is 3.56. The average molecular weight is 331 g/mol. The number of tetrazole rings is 1. The monoisotopic (exact) mass is 331 g/mol. The van der Waals surface area contributed by atoms with Gasteiger partial charge in [-0.3, -0.25) is 14.8 Å². The van der Waals surface area contributed by atoms with E-state index in [1.165, 1.54) is 10.9 Å². The van der Waals surface area contributed by atoms with Gasteiger partial charge in [0, 0.05) is 0 Å². The van der Waals surface area contributed by atoms with Crippen LogP contribution in [0.3, 0.4) is 0 Å². The fraction of sp³-hybridized carbons (Fsp3) is 0.636. The van der Waals surface area contributed by atoms with E-state index in [0.717, 1.165) is 19.0 Å². The zero-order chi connectivity index (χ0) is 16.6. The average Bonchev–Trinajstić information content (AvgIpc) is 2.96. The quantitative estimate of drug-likeness (QED) is 0.590. The van der Waals surface area contributed by atoms with Gasteiger partial charge in [-0.25, -0.2) is 4.68 Å². The van der Waals surface area contributed by atoms with Crippen LogP contribution in [-0.4, -0.2) is 41.1 Å². The maximum absolute atomic E-state index is 12.6. The van der Waals surface area contributed by atoms with Gasteiger partial charge >= 0.3 is 11.9 Å². The van der Waals surface area contributed by atoms with Crippen molar-refractivity contribution in [1.29, 1.82) is 0 Å². The maximum atomic E-state index is 12.6. The molecular weight excluding hydrogens is 319 g/mol. The highest BCUT2D eigenvalue weighted by atomic mass is 19.4. The second-order valence-electron chi connectivity index (χ2n) is 5.44. The first-order chi connectivity index (χ1) is 10.8. The minimum Gasteiger partial charge on any atom is -0.258 e. The van der Waals surface area contributed by atoms with Crippen molar-refractivity contribution in [2.75, 3.05) is 0 Å². The lowest BCUT2D eigenvalue weighted by Crippen LogP contribution is -2.24. The van der Waals surface area contributed by atoms with Gasteiger partial charge in [0.05, 0.1) is 4.92 Å². The third-order valence-electron chi connectivity index (χ3n) is 3.56. The zero-order valence-corrected chi connectivity index (χ0v) is 11.7. The highest BCUT2D eigenvalue weighted by Gasteiger charge is 2.35. The summed E-state index contributed by atoms with van der Waals surface area (Å²) in [5.74, 6) is 0.325. The minimum atomic E-state index is -4.47. The molecule has 0 N–H and O–H groups in total. The molecule has 1 aliphatic carbocycles. The van der Waals surface area contributed by atoms with E-state index < -0.39 is 23.7 Å². The molecule has 1 fully saturated rings. The van der Waals surface area contributed by atoms with Gasteiger partial charge in [-0.15, -0.1) is 5.10 Å². The van der Waals surface area contributed by atoms with Crippen LogP contribution >= 0.6 is 0 Å². The fourth-order valence-electron chi connectivity index (χ4n) is 2.33. The summed E-state index contributed by atoms with van der Waals surface area (Å²) < 4.78 is 39.8. The van der Waals surface area contributed by atoms with Crippen molar-refractivity contribution in [2.24, 2.45) is 5.92 Å². The normalized spacial score (nSPS) is 16.5. The van der Waals surface area contributed by atoms with Gasteiger partial charge < -0.3 is 0 Å². The van der Waals surface area contributed by atoms with Crippen LogP contribution in [0.15, 0.2) is 12.4 Å². The Hall–Kier alpha value is -2.53. The topological polar surface area (TPSA) is 105 Å². The number of hydrogen-bond acceptors (Lipinski definition) is 6. The van der Waals surface area contributed by atoms with Gasteiger partial charge in [-0.1, -0.05) is 12.8 Å². The van der Waals surface area contributed by atoms with Crippen molar-refractivity contribution < 1.29 is 18.1 Å². The molecule has 0 saturated heterocycles. The van der Waals surface area contributed by atoms with Gasteiger partial charge in [0.15, 0.2) is 5.82 Å². The van der Waals surface area contributed by atoms with Crippen molar-refractivity contribution >= 4 is 5.69 Å². The summed E-state index contributed by atoms with van der Waals surface area (Å²) in [6, 6.07) is -0.673. The standard InChI is InChI=1S/C11H12F3N7O2/c12-11(13,14)6-20-10(16-17-18-20)9(3-7-1-2-7)19-5-8(4-15-19)21(22)23/h4-5,7,9H,1-3,6H2. The van der Waals surface area contributed by atoms with E-state index in [1.54, 1.807) is 0 Å². The smallest absolute Gasteiger partial charge is 0.258 e. The summed E-state index contributed by atoms with van der Waals surface area (Å²) >= 11 is 0. The van der Waals surface area contributed by atoms with Gasteiger partial charge in [-0.2, -0.15) is 18.3 Å². The Bertz CT molecular complexity index is 707. The minimum absolute atomic E-state index is 0.00720. The molecule has 0 aliphatic heterocycles. The molecule has 0 aromatic carbocycles. The van der Waals surface area contributed by atoms with Crippen molar-refractivity contribution in [3.8, 4) is 0 Å². The molecule has 2 aromatic heterocycles. The van der Waals surface area contributed by atoms with E-state index in [4.69, 9.17) is 0 Å². The SMILES string of the molecule is O=[N+]([O-])c1cnn(C(CC2CC2)c2nnnn2CC(F)(F)F)c1. The summed E-state index contributed by atoms with van der Waals surface area (Å²) in [7, 11) is 0. The second kappa shape index (κ2) is 5.59. The molecule has 0 radical (unpaired) electrons. The van der Waals surface area contributed by atoms with Gasteiger partial charge in [0.2, 0.25) is 0 Å². The molecule has 0 amide bonds. The van der Waals surface area contributed by atoms with Gasteiger partial charge in [0.25, 0.3) is 0 Å². The molecule has 1 aliphatic rings. The van der Waals surface area contributed by atoms with Gasteiger partial charge in [0.1, 0.15) is 25.0 Å². The highest BCUT2D eigenvalue weighted by molar-refractivity contribution is 5.22. The summed E-state index contributed by atoms with van der Waals surface area (Å²) in [5.41, 5.74) is -0.236. The predicted molar refractivity (Wildman–Crippen MR) is 68.2 cm³/mol. The summed E-state index contributed by atoms with van der Waals surface area (Å²) in [4.78, 5) is 10.2. The van der Waals surface area contributed by atoms with Crippen LogP contribution in [0.2, 0.25) is 0 Å². The Labute approximate surface area is 127 Å². The lowest BCUT2D eigenvalue weighted by molar-refractivity contribution is -0.385. The number of nitrogens with zero attached hydrogens (tertiary/aromatic N) is 7. The van der Waals surface area contributed by atoms with Crippen molar-refractivity contribution in [2.45, 2.75) is 38.0 Å². The molecule has 1 saturated carbocycles. The summed E-state index contributed by atoms with van der Waals surface area (Å²) in [5, 5.41) is 25.0. The molecule has 2 heterocycles. The Morgan fingerprint density at radius 2 is 2.17 bits per heavy atom.